The van der Waals surface area contributed by atoms with E-state index >= 15 is 0 Å². The SMILES string of the molecule is CS(=O)(=O)NC(=O)c1ccc(-c2ccc3nccc(C(=O)N4CCC4)c3c2)cc1. The van der Waals surface area contributed by atoms with Gasteiger partial charge in [-0.15, -0.1) is 0 Å². The monoisotopic (exact) mass is 409 g/mol. The number of carbonyl (C=O) groups excluding carboxylic acids is 2. The van der Waals surface area contributed by atoms with E-state index in [1.165, 1.54) is 0 Å². The summed E-state index contributed by atoms with van der Waals surface area (Å²) in [5.74, 6) is -0.669. The van der Waals surface area contributed by atoms with Crippen LogP contribution in [0.15, 0.2) is 54.7 Å². The lowest BCUT2D eigenvalue weighted by Crippen LogP contribution is -2.42. The first-order valence-electron chi connectivity index (χ1n) is 9.12. The van der Waals surface area contributed by atoms with E-state index in [4.69, 9.17) is 0 Å². The maximum absolute atomic E-state index is 12.7. The molecule has 0 spiro atoms. The van der Waals surface area contributed by atoms with Gasteiger partial charge in [0.25, 0.3) is 11.8 Å². The van der Waals surface area contributed by atoms with Crippen LogP contribution in [0.3, 0.4) is 0 Å². The van der Waals surface area contributed by atoms with Crippen LogP contribution < -0.4 is 4.72 Å². The maximum Gasteiger partial charge on any atom is 0.264 e. The van der Waals surface area contributed by atoms with Crippen LogP contribution in [0.5, 0.6) is 0 Å². The normalized spacial score (nSPS) is 13.8. The molecule has 1 aromatic heterocycles. The first-order chi connectivity index (χ1) is 13.8. The van der Waals surface area contributed by atoms with Gasteiger partial charge in [-0.1, -0.05) is 18.2 Å². The summed E-state index contributed by atoms with van der Waals surface area (Å²) in [6, 6.07) is 14.0. The van der Waals surface area contributed by atoms with Crippen molar-refractivity contribution in [1.29, 1.82) is 0 Å². The van der Waals surface area contributed by atoms with Gasteiger partial charge in [0.15, 0.2) is 0 Å². The van der Waals surface area contributed by atoms with E-state index in [0.29, 0.717) is 5.56 Å². The fraction of sp³-hybridized carbons (Fsp3) is 0.190. The third-order valence-electron chi connectivity index (χ3n) is 4.87. The second-order valence-corrected chi connectivity index (χ2v) is 8.77. The molecule has 3 aromatic rings. The zero-order valence-corrected chi connectivity index (χ0v) is 16.6. The summed E-state index contributed by atoms with van der Waals surface area (Å²) >= 11 is 0. The first kappa shape index (κ1) is 19.1. The van der Waals surface area contributed by atoms with Crippen molar-refractivity contribution >= 4 is 32.7 Å². The standard InChI is InChI=1S/C21H19N3O4S/c1-29(27,28)23-20(25)15-5-3-14(4-6-15)16-7-8-19-18(13-16)17(9-10-22-19)21(26)24-11-2-12-24/h3-10,13H,2,11-12H2,1H3,(H,23,25). The average molecular weight is 409 g/mol. The average Bonchev–Trinajstić information content (AvgIpc) is 2.64. The van der Waals surface area contributed by atoms with Gasteiger partial charge in [0.1, 0.15) is 0 Å². The lowest BCUT2D eigenvalue weighted by Gasteiger charge is -2.31. The summed E-state index contributed by atoms with van der Waals surface area (Å²) in [7, 11) is -3.62. The second kappa shape index (κ2) is 7.29. The van der Waals surface area contributed by atoms with Crippen LogP contribution in [0.2, 0.25) is 0 Å². The van der Waals surface area contributed by atoms with Gasteiger partial charge in [0.05, 0.1) is 17.3 Å². The van der Waals surface area contributed by atoms with Crippen molar-refractivity contribution in [1.82, 2.24) is 14.6 Å². The molecule has 0 aliphatic carbocycles. The fourth-order valence-electron chi connectivity index (χ4n) is 3.24. The Balaban J connectivity index is 1.67. The number of pyridine rings is 1. The number of likely N-dealkylation sites (tertiary alicyclic amines) is 1. The van der Waals surface area contributed by atoms with Gasteiger partial charge in [0, 0.05) is 30.2 Å². The number of sulfonamides is 1. The van der Waals surface area contributed by atoms with Crippen LogP contribution in [0.1, 0.15) is 27.1 Å². The van der Waals surface area contributed by atoms with Gasteiger partial charge in [0.2, 0.25) is 10.0 Å². The van der Waals surface area contributed by atoms with Crippen LogP contribution in [0, 0.1) is 0 Å². The highest BCUT2D eigenvalue weighted by Crippen LogP contribution is 2.27. The van der Waals surface area contributed by atoms with Crippen molar-refractivity contribution in [3.63, 3.8) is 0 Å². The molecule has 0 bridgehead atoms. The third kappa shape index (κ3) is 3.97. The third-order valence-corrected chi connectivity index (χ3v) is 5.43. The van der Waals surface area contributed by atoms with Gasteiger partial charge >= 0.3 is 0 Å². The molecular weight excluding hydrogens is 390 g/mol. The van der Waals surface area contributed by atoms with E-state index in [0.717, 1.165) is 47.8 Å². The number of benzene rings is 2. The molecule has 0 radical (unpaired) electrons. The Morgan fingerprint density at radius 1 is 1.00 bits per heavy atom. The topological polar surface area (TPSA) is 96.4 Å². The molecule has 2 aromatic carbocycles. The highest BCUT2D eigenvalue weighted by atomic mass is 32.2. The lowest BCUT2D eigenvalue weighted by molar-refractivity contribution is 0.0653. The largest absolute Gasteiger partial charge is 0.338 e. The minimum absolute atomic E-state index is 0.00796. The summed E-state index contributed by atoms with van der Waals surface area (Å²) in [4.78, 5) is 30.9. The molecule has 0 unspecified atom stereocenters. The van der Waals surface area contributed by atoms with Crippen molar-refractivity contribution in [2.75, 3.05) is 19.3 Å². The Hall–Kier alpha value is -3.26. The Bertz CT molecular complexity index is 1220. The number of nitrogens with one attached hydrogen (secondary N) is 1. The molecule has 1 fully saturated rings. The highest BCUT2D eigenvalue weighted by Gasteiger charge is 2.23. The van der Waals surface area contributed by atoms with E-state index in [2.05, 4.69) is 4.98 Å². The number of aromatic nitrogens is 1. The zero-order valence-electron chi connectivity index (χ0n) is 15.8. The predicted octanol–water partition coefficient (Wildman–Crippen LogP) is 2.44. The van der Waals surface area contributed by atoms with Crippen LogP contribution >= 0.6 is 0 Å². The van der Waals surface area contributed by atoms with Crippen molar-refractivity contribution in [2.24, 2.45) is 0 Å². The summed E-state index contributed by atoms with van der Waals surface area (Å²) in [6.45, 7) is 1.55. The molecular formula is C21H19N3O4S. The molecule has 1 N–H and O–H groups in total. The van der Waals surface area contributed by atoms with Crippen LogP contribution in [0.25, 0.3) is 22.0 Å². The van der Waals surface area contributed by atoms with Gasteiger partial charge in [-0.05, 0) is 47.9 Å². The quantitative estimate of drug-likeness (QED) is 0.714. The number of amides is 2. The van der Waals surface area contributed by atoms with Gasteiger partial charge in [-0.2, -0.15) is 0 Å². The van der Waals surface area contributed by atoms with Crippen LogP contribution in [-0.2, 0) is 10.0 Å². The van der Waals surface area contributed by atoms with Crippen molar-refractivity contribution in [3.8, 4) is 11.1 Å². The molecule has 1 aliphatic rings. The number of rotatable bonds is 4. The molecule has 29 heavy (non-hydrogen) atoms. The van der Waals surface area contributed by atoms with Gasteiger partial charge in [-0.3, -0.25) is 14.6 Å². The molecule has 148 valence electrons. The number of nitrogens with zero attached hydrogens (tertiary/aromatic N) is 2. The van der Waals surface area contributed by atoms with Gasteiger partial charge < -0.3 is 4.90 Å². The second-order valence-electron chi connectivity index (χ2n) is 7.02. The van der Waals surface area contributed by atoms with E-state index in [1.807, 2.05) is 27.8 Å². The Labute approximate surface area is 168 Å². The molecule has 1 aliphatic heterocycles. The Morgan fingerprint density at radius 2 is 1.69 bits per heavy atom. The molecule has 2 amide bonds. The van der Waals surface area contributed by atoms with Crippen LogP contribution in [-0.4, -0.2) is 49.5 Å². The summed E-state index contributed by atoms with van der Waals surface area (Å²) in [5.41, 5.74) is 3.33. The molecule has 2 heterocycles. The Kier molecular flexibility index (Phi) is 4.79. The minimum Gasteiger partial charge on any atom is -0.338 e. The van der Waals surface area contributed by atoms with Gasteiger partial charge in [-0.25, -0.2) is 13.1 Å². The molecule has 1 saturated heterocycles. The van der Waals surface area contributed by atoms with E-state index in [1.54, 1.807) is 36.5 Å². The van der Waals surface area contributed by atoms with Crippen LogP contribution in [0.4, 0.5) is 0 Å². The summed E-state index contributed by atoms with van der Waals surface area (Å²) in [6.07, 6.45) is 3.60. The smallest absolute Gasteiger partial charge is 0.264 e. The van der Waals surface area contributed by atoms with Crippen molar-refractivity contribution in [2.45, 2.75) is 6.42 Å². The number of hydrogen-bond donors (Lipinski definition) is 1. The number of fused-ring (bicyclic) bond motifs is 1. The molecule has 7 nitrogen and oxygen atoms in total. The predicted molar refractivity (Wildman–Crippen MR) is 110 cm³/mol. The molecule has 4 rings (SSSR count). The summed E-state index contributed by atoms with van der Waals surface area (Å²) in [5, 5.41) is 0.779. The van der Waals surface area contributed by atoms with Crippen molar-refractivity contribution < 1.29 is 18.0 Å². The fourth-order valence-corrected chi connectivity index (χ4v) is 3.70. The Morgan fingerprint density at radius 3 is 2.31 bits per heavy atom. The minimum atomic E-state index is -3.62. The lowest BCUT2D eigenvalue weighted by atomic mass is 9.99. The van der Waals surface area contributed by atoms with E-state index in [9.17, 15) is 18.0 Å². The molecule has 8 heteroatoms. The molecule has 0 saturated carbocycles. The van der Waals surface area contributed by atoms with E-state index < -0.39 is 15.9 Å². The number of hydrogen-bond acceptors (Lipinski definition) is 5. The zero-order chi connectivity index (χ0) is 20.6. The first-order valence-corrected chi connectivity index (χ1v) is 11.0. The van der Waals surface area contributed by atoms with Crippen molar-refractivity contribution in [3.05, 3.63) is 65.9 Å². The summed E-state index contributed by atoms with van der Waals surface area (Å²) < 4.78 is 24.4. The number of carbonyl (C=O) groups is 2. The highest BCUT2D eigenvalue weighted by molar-refractivity contribution is 7.89. The molecule has 0 atom stereocenters. The van der Waals surface area contributed by atoms with E-state index in [-0.39, 0.29) is 11.5 Å². The maximum atomic E-state index is 12.7.